The summed E-state index contributed by atoms with van der Waals surface area (Å²) in [6, 6.07) is 0. The Labute approximate surface area is 174 Å². The van der Waals surface area contributed by atoms with Gasteiger partial charge in [-0.1, -0.05) is 37.8 Å². The molecule has 1 heterocycles. The van der Waals surface area contributed by atoms with Crippen molar-refractivity contribution < 1.29 is 24.5 Å². The molecule has 0 amide bonds. The Morgan fingerprint density at radius 3 is 2.79 bits per heavy atom. The highest BCUT2D eigenvalue weighted by Gasteiger charge is 2.48. The molecular weight excluding hydrogens is 368 g/mol. The van der Waals surface area contributed by atoms with Crippen LogP contribution in [-0.2, 0) is 14.3 Å². The Hall–Kier alpha value is -1.59. The van der Waals surface area contributed by atoms with Gasteiger partial charge in [0.15, 0.2) is 6.10 Å². The van der Waals surface area contributed by atoms with Crippen LogP contribution in [0.2, 0.25) is 0 Å². The second-order valence-electron chi connectivity index (χ2n) is 9.34. The molecule has 0 aromatic rings. The summed E-state index contributed by atoms with van der Waals surface area (Å²) in [5.74, 6) is 1.33. The van der Waals surface area contributed by atoms with Crippen molar-refractivity contribution in [3.05, 3.63) is 34.8 Å². The number of unbranched alkanes of at least 4 members (excludes halogenated alkanes) is 2. The zero-order valence-corrected chi connectivity index (χ0v) is 18.2. The fourth-order valence-corrected chi connectivity index (χ4v) is 5.00. The molecule has 3 aliphatic rings. The molecule has 5 heteroatoms. The van der Waals surface area contributed by atoms with Crippen LogP contribution < -0.4 is 0 Å². The van der Waals surface area contributed by atoms with Gasteiger partial charge in [0.25, 0.3) is 0 Å². The first-order chi connectivity index (χ1) is 13.8. The van der Waals surface area contributed by atoms with Crippen molar-refractivity contribution in [2.45, 2.75) is 84.3 Å². The maximum atomic E-state index is 12.3. The highest BCUT2D eigenvalue weighted by Crippen LogP contribution is 2.52. The Kier molecular flexibility index (Phi) is 6.90. The van der Waals surface area contributed by atoms with E-state index in [0.29, 0.717) is 11.7 Å². The molecule has 3 rings (SSSR count). The van der Waals surface area contributed by atoms with Gasteiger partial charge < -0.3 is 19.7 Å². The third kappa shape index (κ3) is 4.77. The average Bonchev–Trinajstić information content (AvgIpc) is 2.66. The predicted molar refractivity (Wildman–Crippen MR) is 112 cm³/mol. The number of allylic oxidation sites excluding steroid dienone is 5. The van der Waals surface area contributed by atoms with Crippen molar-refractivity contribution in [3.8, 4) is 0 Å². The standard InChI is InChI=1S/C24H36O5/c1-5-6-7-8-16-12-20(28-23(27)19(26)14-25)22-17-11-15(2)9-10-18(17)24(3,4)29-21(22)13-16/h11-12,16-19,25-26H,5-10,13-14H2,1-4H3/t16?,17?,18-,19?/m1/s1. The van der Waals surface area contributed by atoms with Gasteiger partial charge in [-0.25, -0.2) is 4.79 Å². The van der Waals surface area contributed by atoms with Crippen LogP contribution >= 0.6 is 0 Å². The van der Waals surface area contributed by atoms with E-state index in [2.05, 4.69) is 33.8 Å². The molecule has 1 aliphatic heterocycles. The largest absolute Gasteiger partial charge is 0.491 e. The van der Waals surface area contributed by atoms with Gasteiger partial charge in [0, 0.05) is 23.8 Å². The predicted octanol–water partition coefficient (Wildman–Crippen LogP) is 4.40. The molecular formula is C24H36O5. The Morgan fingerprint density at radius 1 is 1.34 bits per heavy atom. The van der Waals surface area contributed by atoms with E-state index in [1.165, 1.54) is 12.0 Å². The number of hydrogen-bond donors (Lipinski definition) is 2. The van der Waals surface area contributed by atoms with Crippen molar-refractivity contribution in [2.24, 2.45) is 17.8 Å². The summed E-state index contributed by atoms with van der Waals surface area (Å²) in [5, 5.41) is 18.9. The van der Waals surface area contributed by atoms with E-state index in [4.69, 9.17) is 14.6 Å². The minimum Gasteiger partial charge on any atom is -0.491 e. The maximum absolute atomic E-state index is 12.3. The van der Waals surface area contributed by atoms with Gasteiger partial charge >= 0.3 is 5.97 Å². The molecule has 0 aromatic carbocycles. The number of aliphatic hydroxyl groups excluding tert-OH is 2. The topological polar surface area (TPSA) is 76.0 Å². The molecule has 0 bridgehead atoms. The summed E-state index contributed by atoms with van der Waals surface area (Å²) >= 11 is 0. The van der Waals surface area contributed by atoms with Crippen LogP contribution in [0, 0.1) is 17.8 Å². The van der Waals surface area contributed by atoms with Crippen molar-refractivity contribution in [2.75, 3.05) is 6.61 Å². The molecule has 29 heavy (non-hydrogen) atoms. The Morgan fingerprint density at radius 2 is 2.10 bits per heavy atom. The smallest absolute Gasteiger partial charge is 0.342 e. The normalized spacial score (nSPS) is 29.1. The quantitative estimate of drug-likeness (QED) is 0.374. The summed E-state index contributed by atoms with van der Waals surface area (Å²) in [4.78, 5) is 12.3. The Bertz CT molecular complexity index is 715. The summed E-state index contributed by atoms with van der Waals surface area (Å²) < 4.78 is 12.2. The van der Waals surface area contributed by atoms with Crippen LogP contribution in [0.4, 0.5) is 0 Å². The van der Waals surface area contributed by atoms with Crippen molar-refractivity contribution in [1.29, 1.82) is 0 Å². The molecule has 0 radical (unpaired) electrons. The summed E-state index contributed by atoms with van der Waals surface area (Å²) in [5.41, 5.74) is 2.03. The van der Waals surface area contributed by atoms with Gasteiger partial charge in [-0.15, -0.1) is 0 Å². The molecule has 0 saturated carbocycles. The minimum absolute atomic E-state index is 0.143. The lowest BCUT2D eigenvalue weighted by molar-refractivity contribution is -0.151. The van der Waals surface area contributed by atoms with Gasteiger partial charge in [-0.3, -0.25) is 0 Å². The summed E-state index contributed by atoms with van der Waals surface area (Å²) in [6.45, 7) is 8.02. The van der Waals surface area contributed by atoms with Gasteiger partial charge in [0.05, 0.1) is 6.61 Å². The van der Waals surface area contributed by atoms with Crippen LogP contribution in [0.3, 0.4) is 0 Å². The van der Waals surface area contributed by atoms with E-state index in [9.17, 15) is 9.90 Å². The fourth-order valence-electron chi connectivity index (χ4n) is 5.00. The molecule has 3 unspecified atom stereocenters. The van der Waals surface area contributed by atoms with E-state index in [1.807, 2.05) is 6.08 Å². The van der Waals surface area contributed by atoms with Crippen LogP contribution in [0.15, 0.2) is 34.8 Å². The monoisotopic (exact) mass is 404 g/mol. The number of aliphatic hydroxyl groups is 2. The molecule has 162 valence electrons. The van der Waals surface area contributed by atoms with Crippen LogP contribution in [-0.4, -0.2) is 34.5 Å². The SMILES string of the molecule is CCCCCC1C=C(OC(=O)C(O)CO)C2=C(C1)OC(C)(C)[C@@H]1CCC(C)=CC21. The lowest BCUT2D eigenvalue weighted by Gasteiger charge is -2.49. The van der Waals surface area contributed by atoms with Gasteiger partial charge in [0.2, 0.25) is 0 Å². The first-order valence-corrected chi connectivity index (χ1v) is 11.1. The molecule has 0 fully saturated rings. The van der Waals surface area contributed by atoms with Crippen LogP contribution in [0.5, 0.6) is 0 Å². The Balaban J connectivity index is 1.96. The molecule has 0 spiro atoms. The third-order valence-corrected chi connectivity index (χ3v) is 6.59. The second-order valence-corrected chi connectivity index (χ2v) is 9.34. The van der Waals surface area contributed by atoms with Crippen molar-refractivity contribution in [1.82, 2.24) is 0 Å². The molecule has 5 nitrogen and oxygen atoms in total. The first kappa shape index (κ1) is 22.1. The van der Waals surface area contributed by atoms with Crippen LogP contribution in [0.25, 0.3) is 0 Å². The highest BCUT2D eigenvalue weighted by atomic mass is 16.6. The number of rotatable bonds is 7. The van der Waals surface area contributed by atoms with E-state index >= 15 is 0 Å². The summed E-state index contributed by atoms with van der Waals surface area (Å²) in [7, 11) is 0. The number of ether oxygens (including phenoxy) is 2. The van der Waals surface area contributed by atoms with Crippen LogP contribution in [0.1, 0.15) is 72.6 Å². The lowest BCUT2D eigenvalue weighted by Crippen LogP contribution is -2.46. The van der Waals surface area contributed by atoms with E-state index in [0.717, 1.165) is 49.9 Å². The van der Waals surface area contributed by atoms with Gasteiger partial charge in [-0.05, 0) is 52.0 Å². The van der Waals surface area contributed by atoms with E-state index < -0.39 is 18.7 Å². The average molecular weight is 405 g/mol. The number of carbonyl (C=O) groups excluding carboxylic acids is 1. The molecule has 4 atom stereocenters. The maximum Gasteiger partial charge on any atom is 0.342 e. The zero-order valence-electron chi connectivity index (χ0n) is 18.2. The number of fused-ring (bicyclic) bond motifs is 2. The first-order valence-electron chi connectivity index (χ1n) is 11.1. The van der Waals surface area contributed by atoms with Gasteiger partial charge in [-0.2, -0.15) is 0 Å². The van der Waals surface area contributed by atoms with E-state index in [-0.39, 0.29) is 17.4 Å². The minimum atomic E-state index is -1.53. The molecule has 2 N–H and O–H groups in total. The number of carbonyl (C=O) groups is 1. The molecule has 0 saturated heterocycles. The van der Waals surface area contributed by atoms with Crippen molar-refractivity contribution >= 4 is 5.97 Å². The molecule has 0 aromatic heterocycles. The van der Waals surface area contributed by atoms with Gasteiger partial charge in [0.1, 0.15) is 17.1 Å². The third-order valence-electron chi connectivity index (χ3n) is 6.59. The summed E-state index contributed by atoms with van der Waals surface area (Å²) in [6.07, 6.45) is 10.2. The van der Waals surface area contributed by atoms with Crippen molar-refractivity contribution in [3.63, 3.8) is 0 Å². The highest BCUT2D eigenvalue weighted by molar-refractivity contribution is 5.76. The second kappa shape index (κ2) is 9.05. The zero-order chi connectivity index (χ0) is 21.2. The number of hydrogen-bond acceptors (Lipinski definition) is 5. The molecule has 2 aliphatic carbocycles. The lowest BCUT2D eigenvalue weighted by atomic mass is 9.66. The fraction of sp³-hybridized carbons (Fsp3) is 0.708. The van der Waals surface area contributed by atoms with E-state index in [1.54, 1.807) is 0 Å². The number of esters is 1.